The number of ether oxygens (including phenoxy) is 2. The molecule has 4 aliphatic heterocycles. The number of hydrogen-bond donors (Lipinski definition) is 8. The number of methoxy groups -OCH3 is 1. The zero-order valence-electron chi connectivity index (χ0n) is 38.0. The Balaban J connectivity index is 0.000000188. The van der Waals surface area contributed by atoms with Gasteiger partial charge in [0.1, 0.15) is 23.3 Å². The van der Waals surface area contributed by atoms with E-state index in [2.05, 4.69) is 61.4 Å². The van der Waals surface area contributed by atoms with Crippen LogP contribution in [0.4, 0.5) is 23.3 Å². The number of aliphatic imine (C=N–C) groups is 2. The highest BCUT2D eigenvalue weighted by Gasteiger charge is 2.42. The summed E-state index contributed by atoms with van der Waals surface area (Å²) in [6.07, 6.45) is 3.46. The number of amides is 4. The molecule has 0 unspecified atom stereocenters. The summed E-state index contributed by atoms with van der Waals surface area (Å²) in [4.78, 5) is 80.3. The number of fused-ring (bicyclic) bond motifs is 1. The van der Waals surface area contributed by atoms with E-state index in [0.29, 0.717) is 101 Å². The van der Waals surface area contributed by atoms with E-state index in [1.54, 1.807) is 24.1 Å². The topological polar surface area (TPSA) is 352 Å². The minimum Gasteiger partial charge on any atom is -0.493 e. The van der Waals surface area contributed by atoms with Gasteiger partial charge in [-0.25, -0.2) is 19.9 Å². The molecule has 368 valence electrons. The Bertz CT molecular complexity index is 2830. The Morgan fingerprint density at radius 2 is 1.20 bits per heavy atom. The van der Waals surface area contributed by atoms with E-state index in [0.717, 1.165) is 17.5 Å². The number of nitrogens with two attached hydrogens (primary N) is 4. The summed E-state index contributed by atoms with van der Waals surface area (Å²) in [7, 11) is 1.65. The van der Waals surface area contributed by atoms with Crippen LogP contribution in [0.5, 0.6) is 5.75 Å². The highest BCUT2D eigenvalue weighted by atomic mass is 35.5. The molecule has 3 aromatic heterocycles. The lowest BCUT2D eigenvalue weighted by atomic mass is 9.88. The second-order valence-corrected chi connectivity index (χ2v) is 17.6. The van der Waals surface area contributed by atoms with Crippen molar-refractivity contribution >= 4 is 93.1 Å². The van der Waals surface area contributed by atoms with Gasteiger partial charge in [0, 0.05) is 51.9 Å². The molecule has 2 aromatic carbocycles. The Morgan fingerprint density at radius 3 is 1.71 bits per heavy atom. The van der Waals surface area contributed by atoms with E-state index in [1.165, 1.54) is 4.80 Å². The number of carbonyl (C=O) groups excluding carboxylic acids is 4. The van der Waals surface area contributed by atoms with Crippen molar-refractivity contribution in [1.82, 2.24) is 66.0 Å². The van der Waals surface area contributed by atoms with E-state index >= 15 is 0 Å². The zero-order valence-corrected chi connectivity index (χ0v) is 39.5. The third-order valence-corrected chi connectivity index (χ3v) is 12.6. The van der Waals surface area contributed by atoms with Crippen LogP contribution in [0.3, 0.4) is 0 Å². The minimum atomic E-state index is -0.595. The van der Waals surface area contributed by atoms with E-state index < -0.39 is 11.8 Å². The number of aromatic nitrogens is 7. The van der Waals surface area contributed by atoms with Gasteiger partial charge >= 0.3 is 0 Å². The average Bonchev–Trinajstić information content (AvgIpc) is 4.06. The summed E-state index contributed by atoms with van der Waals surface area (Å²) in [5, 5.41) is 20.4. The molecule has 9 rings (SSSR count). The number of guanidine groups is 2. The number of piperidine rings is 2. The molecule has 70 heavy (non-hydrogen) atoms. The smallest absolute Gasteiger partial charge is 0.280 e. The van der Waals surface area contributed by atoms with Crippen molar-refractivity contribution < 1.29 is 28.7 Å². The van der Waals surface area contributed by atoms with Crippen LogP contribution in [0.25, 0.3) is 11.0 Å². The fourth-order valence-electron chi connectivity index (χ4n) is 8.19. The van der Waals surface area contributed by atoms with Crippen LogP contribution < -0.4 is 48.9 Å². The molecule has 0 atom stereocenters. The predicted octanol–water partition coefficient (Wildman–Crippen LogP) is 0.863. The lowest BCUT2D eigenvalue weighted by Crippen LogP contribution is -2.57. The molecule has 0 radical (unpaired) electrons. The van der Waals surface area contributed by atoms with Gasteiger partial charge in [0.2, 0.25) is 5.91 Å². The number of halogens is 2. The molecule has 7 heterocycles. The second kappa shape index (κ2) is 20.9. The Hall–Kier alpha value is -7.64. The van der Waals surface area contributed by atoms with Crippen molar-refractivity contribution in [1.29, 1.82) is 0 Å². The lowest BCUT2D eigenvalue weighted by Gasteiger charge is -2.39. The molecule has 0 bridgehead atoms. The number of nitrogen functional groups attached to an aromatic ring is 4. The fourth-order valence-corrected chi connectivity index (χ4v) is 8.45. The molecule has 4 aliphatic rings. The van der Waals surface area contributed by atoms with Crippen molar-refractivity contribution in [3.63, 3.8) is 0 Å². The van der Waals surface area contributed by atoms with Gasteiger partial charge in [-0.05, 0) is 56.0 Å². The molecule has 2 saturated heterocycles. The number of likely N-dealkylation sites (tertiary alicyclic amines) is 2. The quantitative estimate of drug-likeness (QED) is 0.0900. The van der Waals surface area contributed by atoms with Gasteiger partial charge in [0.25, 0.3) is 17.7 Å². The van der Waals surface area contributed by atoms with E-state index in [4.69, 9.17) is 55.6 Å². The first-order valence-electron chi connectivity index (χ1n) is 22.2. The van der Waals surface area contributed by atoms with Crippen LogP contribution in [0, 0.1) is 0 Å². The van der Waals surface area contributed by atoms with Crippen LogP contribution in [-0.4, -0.2) is 151 Å². The molecule has 5 aromatic rings. The summed E-state index contributed by atoms with van der Waals surface area (Å²) in [5.41, 5.74) is 23.7. The number of nitrogens with one attached hydrogen (secondary N) is 4. The van der Waals surface area contributed by atoms with Gasteiger partial charge in [-0.3, -0.25) is 39.8 Å². The highest BCUT2D eigenvalue weighted by Crippen LogP contribution is 2.29. The maximum absolute atomic E-state index is 13.1. The molecule has 12 N–H and O–H groups in total. The molecule has 0 saturated carbocycles. The first-order chi connectivity index (χ1) is 33.6. The van der Waals surface area contributed by atoms with E-state index in [9.17, 15) is 19.2 Å². The third-order valence-electron chi connectivity index (χ3n) is 12.1. The summed E-state index contributed by atoms with van der Waals surface area (Å²) in [6.45, 7) is 4.37. The first-order valence-corrected chi connectivity index (χ1v) is 22.9. The highest BCUT2D eigenvalue weighted by molar-refractivity contribution is 6.32. The molecule has 2 spiro atoms. The van der Waals surface area contributed by atoms with Gasteiger partial charge in [0.05, 0.1) is 30.8 Å². The maximum Gasteiger partial charge on any atom is 0.280 e. The SMILES string of the molecule is COCCCOc1cccc(C(=O)N2CCC3(CC2)CN=C(NC(=O)c2nc(Cl)c(N)nc2N)N3)c1.Nc1nc(N)c(C(=O)NC2=NCC3(CCN(C(=O)Cn4nc5ccccc5n4)CC3)N2)nc1Cl. The molecule has 0 aliphatic carbocycles. The number of benzene rings is 2. The van der Waals surface area contributed by atoms with Crippen LogP contribution in [0.2, 0.25) is 10.3 Å². The Labute approximate surface area is 410 Å². The molecular formula is C43H51Cl2N19O6. The molecule has 4 amide bonds. The molecule has 25 nitrogen and oxygen atoms in total. The summed E-state index contributed by atoms with van der Waals surface area (Å²) in [5.74, 6) is -0.358. The standard InChI is InChI=1S/C23H29ClN8O4.C20H22ClN11O2/c1-35-10-3-11-36-15-5-2-4-14(12-15)21(34)32-8-6-23(7-9-32)13-27-22(31-23)30-20(33)16-18(25)29-19(26)17(24)28-16;21-15-17(23)26-16(22)14(25-15)18(34)27-19-24-10-20(28-19)5-7-31(8-6-20)13(33)9-32-29-11-3-1-2-4-12(11)30-32/h2,4-5,12H,3,6-11,13H2,1H3,(H4,25,26,29)(H2,27,30,31,33);1-4H,5-10H2,(H4,22,23,26)(H2,24,27,28,34). The number of anilines is 4. The van der Waals surface area contributed by atoms with Gasteiger partial charge in [-0.1, -0.05) is 41.4 Å². The number of nitrogens with zero attached hydrogens (tertiary/aromatic N) is 11. The normalized spacial score (nSPS) is 16.7. The maximum atomic E-state index is 13.1. The van der Waals surface area contributed by atoms with E-state index in [1.807, 2.05) is 41.3 Å². The lowest BCUT2D eigenvalue weighted by molar-refractivity contribution is -0.133. The van der Waals surface area contributed by atoms with Gasteiger partial charge < -0.3 is 52.8 Å². The Kier molecular flexibility index (Phi) is 14.6. The van der Waals surface area contributed by atoms with Crippen molar-refractivity contribution in [2.45, 2.75) is 49.7 Å². The Morgan fingerprint density at radius 1 is 0.686 bits per heavy atom. The van der Waals surface area contributed by atoms with Gasteiger partial charge in [0.15, 0.2) is 56.9 Å². The number of hydrogen-bond acceptors (Lipinski definition) is 20. The van der Waals surface area contributed by atoms with Crippen LogP contribution >= 0.6 is 23.2 Å². The largest absolute Gasteiger partial charge is 0.493 e. The van der Waals surface area contributed by atoms with Crippen molar-refractivity contribution in [2.75, 3.05) is 82.5 Å². The summed E-state index contributed by atoms with van der Waals surface area (Å²) in [6, 6.07) is 14.7. The van der Waals surface area contributed by atoms with Crippen LogP contribution in [-0.2, 0) is 16.1 Å². The van der Waals surface area contributed by atoms with Crippen LogP contribution in [0.15, 0.2) is 58.5 Å². The first kappa shape index (κ1) is 48.8. The molecular weight excluding hydrogens is 950 g/mol. The molecule has 27 heteroatoms. The number of rotatable bonds is 10. The summed E-state index contributed by atoms with van der Waals surface area (Å²) >= 11 is 11.7. The predicted molar refractivity (Wildman–Crippen MR) is 260 cm³/mol. The third kappa shape index (κ3) is 11.3. The molecule has 2 fully saturated rings. The van der Waals surface area contributed by atoms with Crippen molar-refractivity contribution in [3.05, 3.63) is 75.8 Å². The second-order valence-electron chi connectivity index (χ2n) is 16.9. The van der Waals surface area contributed by atoms with E-state index in [-0.39, 0.29) is 74.4 Å². The van der Waals surface area contributed by atoms with Crippen molar-refractivity contribution in [2.24, 2.45) is 9.98 Å². The number of carbonyl (C=O) groups is 4. The monoisotopic (exact) mass is 999 g/mol. The van der Waals surface area contributed by atoms with Gasteiger partial charge in [-0.2, -0.15) is 15.0 Å². The minimum absolute atomic E-state index is 0.0446. The fraction of sp³-hybridized carbons (Fsp3) is 0.395. The van der Waals surface area contributed by atoms with Gasteiger partial charge in [-0.15, -0.1) is 0 Å². The zero-order chi connectivity index (χ0) is 49.6. The van der Waals surface area contributed by atoms with Crippen LogP contribution in [0.1, 0.15) is 63.4 Å². The average molecular weight is 1000 g/mol. The summed E-state index contributed by atoms with van der Waals surface area (Å²) < 4.78 is 10.7. The van der Waals surface area contributed by atoms with Crippen molar-refractivity contribution in [3.8, 4) is 5.75 Å².